The number of amides is 1. The van der Waals surface area contributed by atoms with Crippen LogP contribution >= 0.6 is 0 Å². The van der Waals surface area contributed by atoms with Crippen LogP contribution in [0.2, 0.25) is 0 Å². The Balaban J connectivity index is 1.52. The van der Waals surface area contributed by atoms with Crippen molar-refractivity contribution < 1.29 is 24.1 Å². The van der Waals surface area contributed by atoms with E-state index in [-0.39, 0.29) is 25.5 Å². The lowest BCUT2D eigenvalue weighted by atomic mass is 9.81. The molecule has 0 unspecified atom stereocenters. The number of aliphatic hydroxyl groups is 1. The number of azide groups is 1. The molecule has 1 aliphatic heterocycles. The Morgan fingerprint density at radius 3 is 2.37 bits per heavy atom. The van der Waals surface area contributed by atoms with Crippen LogP contribution in [0.3, 0.4) is 0 Å². The third-order valence-electron chi connectivity index (χ3n) is 7.87. The van der Waals surface area contributed by atoms with Gasteiger partial charge in [0.1, 0.15) is 11.5 Å². The van der Waals surface area contributed by atoms with Crippen molar-refractivity contribution in [2.24, 2.45) is 10.1 Å². The average Bonchev–Trinajstić information content (AvgIpc) is 3.49. The van der Waals surface area contributed by atoms with E-state index in [1.807, 2.05) is 103 Å². The van der Waals surface area contributed by atoms with Crippen LogP contribution in [0, 0.1) is 0 Å². The molecule has 2 atom stereocenters. The lowest BCUT2D eigenvalue weighted by Gasteiger charge is -2.31. The quantitative estimate of drug-likeness (QED) is 0.0714. The van der Waals surface area contributed by atoms with Gasteiger partial charge in [-0.3, -0.25) is 4.79 Å². The van der Waals surface area contributed by atoms with E-state index in [0.717, 1.165) is 28.0 Å². The predicted octanol–water partition coefficient (Wildman–Crippen LogP) is 6.13. The molecule has 1 aliphatic rings. The van der Waals surface area contributed by atoms with Gasteiger partial charge in [-0.1, -0.05) is 71.8 Å². The van der Waals surface area contributed by atoms with Gasteiger partial charge in [-0.05, 0) is 70.6 Å². The zero-order valence-electron chi connectivity index (χ0n) is 25.7. The van der Waals surface area contributed by atoms with Crippen LogP contribution < -0.4 is 14.8 Å². The van der Waals surface area contributed by atoms with Gasteiger partial charge in [-0.25, -0.2) is 4.99 Å². The molecule has 0 aliphatic carbocycles. The molecule has 0 saturated carbocycles. The summed E-state index contributed by atoms with van der Waals surface area (Å²) in [5.41, 5.74) is 11.9. The Morgan fingerprint density at radius 1 is 0.978 bits per heavy atom. The van der Waals surface area contributed by atoms with Gasteiger partial charge in [-0.15, -0.1) is 0 Å². The van der Waals surface area contributed by atoms with Crippen LogP contribution in [0.4, 0.5) is 0 Å². The molecule has 10 heteroatoms. The smallest absolute Gasteiger partial charge is 0.252 e. The molecule has 0 saturated heterocycles. The summed E-state index contributed by atoms with van der Waals surface area (Å²) in [7, 11) is 1.63. The van der Waals surface area contributed by atoms with Crippen molar-refractivity contribution in [3.63, 3.8) is 0 Å². The predicted molar refractivity (Wildman–Crippen MR) is 176 cm³/mol. The summed E-state index contributed by atoms with van der Waals surface area (Å²) in [6.45, 7) is 0.991. The first kappa shape index (κ1) is 32.1. The monoisotopic (exact) mass is 619 g/mol. The molecular formula is C36H37N5O5. The molecule has 2 N–H and O–H groups in total. The molecule has 1 amide bonds. The molecule has 0 radical (unpaired) electrons. The van der Waals surface area contributed by atoms with Crippen LogP contribution in [0.15, 0.2) is 113 Å². The Hall–Kier alpha value is -5.31. The second-order valence-electron chi connectivity index (χ2n) is 10.9. The maximum Gasteiger partial charge on any atom is 0.252 e. The highest BCUT2D eigenvalue weighted by molar-refractivity contribution is 6.01. The topological polar surface area (TPSA) is 138 Å². The highest BCUT2D eigenvalue weighted by atomic mass is 16.5. The number of methoxy groups -OCH3 is 1. The van der Waals surface area contributed by atoms with Gasteiger partial charge < -0.3 is 24.6 Å². The van der Waals surface area contributed by atoms with Crippen molar-refractivity contribution in [1.29, 1.82) is 0 Å². The molecule has 0 fully saturated rings. The SMILES string of the molecule is COc1ccc(CCNC(=O)[C@]2(Cc3ccccc3CN=[N+]=[N-])N=C(c3ccc(OCCCO)cc3)O[C@@H]2c2ccccc2)cc1. The first-order valence-electron chi connectivity index (χ1n) is 15.2. The van der Waals surface area contributed by atoms with E-state index >= 15 is 0 Å². The van der Waals surface area contributed by atoms with Gasteiger partial charge in [-0.2, -0.15) is 0 Å². The first-order valence-corrected chi connectivity index (χ1v) is 15.2. The Kier molecular flexibility index (Phi) is 10.9. The highest BCUT2D eigenvalue weighted by Gasteiger charge is 2.53. The van der Waals surface area contributed by atoms with E-state index in [4.69, 9.17) is 29.8 Å². The summed E-state index contributed by atoms with van der Waals surface area (Å²) in [6.07, 6.45) is 0.625. The van der Waals surface area contributed by atoms with Crippen molar-refractivity contribution in [2.45, 2.75) is 37.5 Å². The standard InChI is InChI=1S/C36H37N5O5/c1-44-31-16-12-26(13-17-31)20-21-38-35(43)36(24-29-10-5-6-11-30(29)25-39-41-37)33(27-8-3-2-4-9-27)46-34(40-36)28-14-18-32(19-15-28)45-23-7-22-42/h2-6,8-19,33,42H,7,20-25H2,1H3,(H,38,43)/t33-,36-/m1/s1. The minimum Gasteiger partial charge on any atom is -0.497 e. The molecule has 236 valence electrons. The summed E-state index contributed by atoms with van der Waals surface area (Å²) < 4.78 is 17.6. The highest BCUT2D eigenvalue weighted by Crippen LogP contribution is 2.43. The third kappa shape index (κ3) is 7.66. The summed E-state index contributed by atoms with van der Waals surface area (Å²) in [4.78, 5) is 22.6. The number of benzene rings is 4. The van der Waals surface area contributed by atoms with Crippen molar-refractivity contribution >= 4 is 11.8 Å². The largest absolute Gasteiger partial charge is 0.497 e. The van der Waals surface area contributed by atoms with Gasteiger partial charge in [0, 0.05) is 36.5 Å². The molecule has 1 heterocycles. The van der Waals surface area contributed by atoms with Crippen molar-refractivity contribution in [3.05, 3.63) is 141 Å². The lowest BCUT2D eigenvalue weighted by Crippen LogP contribution is -2.50. The summed E-state index contributed by atoms with van der Waals surface area (Å²) in [5, 5.41) is 16.0. The van der Waals surface area contributed by atoms with Crippen molar-refractivity contribution in [2.75, 3.05) is 26.9 Å². The number of aliphatic hydroxyl groups excluding tert-OH is 1. The molecule has 4 aromatic rings. The van der Waals surface area contributed by atoms with Gasteiger partial charge in [0.05, 0.1) is 20.3 Å². The molecule has 0 aromatic heterocycles. The van der Waals surface area contributed by atoms with Crippen LogP contribution in [0.1, 0.15) is 40.3 Å². The second-order valence-corrected chi connectivity index (χ2v) is 10.9. The summed E-state index contributed by atoms with van der Waals surface area (Å²) in [6, 6.07) is 32.3. The first-order chi connectivity index (χ1) is 22.6. The fourth-order valence-electron chi connectivity index (χ4n) is 5.46. The number of rotatable bonds is 15. The summed E-state index contributed by atoms with van der Waals surface area (Å²) in [5.74, 6) is 1.50. The number of carbonyl (C=O) groups is 1. The van der Waals surface area contributed by atoms with Crippen LogP contribution in [-0.2, 0) is 28.9 Å². The van der Waals surface area contributed by atoms with Crippen molar-refractivity contribution in [1.82, 2.24) is 5.32 Å². The molecule has 5 rings (SSSR count). The van der Waals surface area contributed by atoms with E-state index in [1.54, 1.807) is 7.11 Å². The van der Waals surface area contributed by atoms with E-state index in [2.05, 4.69) is 15.3 Å². The fraction of sp³-hybridized carbons (Fsp3) is 0.278. The Labute approximate surface area is 268 Å². The molecule has 10 nitrogen and oxygen atoms in total. The molecule has 4 aromatic carbocycles. The number of ether oxygens (including phenoxy) is 3. The fourth-order valence-corrected chi connectivity index (χ4v) is 5.46. The maximum absolute atomic E-state index is 14.5. The number of nitrogens with zero attached hydrogens (tertiary/aromatic N) is 4. The molecule has 0 bridgehead atoms. The minimum atomic E-state index is -1.38. The lowest BCUT2D eigenvalue weighted by molar-refractivity contribution is -0.128. The third-order valence-corrected chi connectivity index (χ3v) is 7.87. The number of aliphatic imine (C=N–C) groups is 1. The van der Waals surface area contributed by atoms with Gasteiger partial charge in [0.15, 0.2) is 11.6 Å². The average molecular weight is 620 g/mol. The number of hydrogen-bond donors (Lipinski definition) is 2. The Morgan fingerprint density at radius 2 is 1.67 bits per heavy atom. The molecular weight excluding hydrogens is 582 g/mol. The van der Waals surface area contributed by atoms with E-state index < -0.39 is 11.6 Å². The van der Waals surface area contributed by atoms with Crippen molar-refractivity contribution in [3.8, 4) is 11.5 Å². The molecule has 46 heavy (non-hydrogen) atoms. The van der Waals surface area contributed by atoms with Crippen LogP contribution in [0.25, 0.3) is 10.4 Å². The van der Waals surface area contributed by atoms with Crippen LogP contribution in [0.5, 0.6) is 11.5 Å². The van der Waals surface area contributed by atoms with E-state index in [0.29, 0.717) is 43.2 Å². The summed E-state index contributed by atoms with van der Waals surface area (Å²) >= 11 is 0. The minimum absolute atomic E-state index is 0.0554. The van der Waals surface area contributed by atoms with Gasteiger partial charge >= 0.3 is 0 Å². The van der Waals surface area contributed by atoms with Crippen LogP contribution in [-0.4, -0.2) is 49.3 Å². The van der Waals surface area contributed by atoms with E-state index in [1.165, 1.54) is 0 Å². The van der Waals surface area contributed by atoms with E-state index in [9.17, 15) is 4.79 Å². The number of nitrogens with one attached hydrogen (secondary N) is 1. The van der Waals surface area contributed by atoms with Gasteiger partial charge in [0.25, 0.3) is 5.91 Å². The second kappa shape index (κ2) is 15.6. The number of carbonyl (C=O) groups excluding carboxylic acids is 1. The Bertz CT molecular complexity index is 1670. The number of hydrogen-bond acceptors (Lipinski definition) is 7. The normalized spacial score (nSPS) is 16.9. The van der Waals surface area contributed by atoms with Gasteiger partial charge in [0.2, 0.25) is 5.90 Å². The maximum atomic E-state index is 14.5. The zero-order chi connectivity index (χ0) is 32.2. The molecule has 0 spiro atoms. The zero-order valence-corrected chi connectivity index (χ0v) is 25.7.